The van der Waals surface area contributed by atoms with Gasteiger partial charge in [-0.3, -0.25) is 9.78 Å². The van der Waals surface area contributed by atoms with E-state index in [1.165, 1.54) is 6.20 Å². The summed E-state index contributed by atoms with van der Waals surface area (Å²) in [5.74, 6) is -0.946. The molecule has 0 saturated carbocycles. The monoisotopic (exact) mass is 310 g/mol. The summed E-state index contributed by atoms with van der Waals surface area (Å²) >= 11 is 0. The van der Waals surface area contributed by atoms with Crippen molar-refractivity contribution in [2.24, 2.45) is 0 Å². The van der Waals surface area contributed by atoms with E-state index in [2.05, 4.69) is 15.3 Å². The van der Waals surface area contributed by atoms with E-state index in [4.69, 9.17) is 0 Å². The summed E-state index contributed by atoms with van der Waals surface area (Å²) in [7, 11) is 0. The number of pyridine rings is 1. The standard InChI is InChI=1S/C17H15FN4O/c1-11-12(2)22(10-20-11)16-5-3-15(4-6-16)21-17(23)13-7-14(18)9-19-8-13/h3-10H,1-2H3,(H,21,23). The Hall–Kier alpha value is -3.02. The van der Waals surface area contributed by atoms with Crippen LogP contribution in [0.25, 0.3) is 5.69 Å². The van der Waals surface area contributed by atoms with Gasteiger partial charge in [0, 0.05) is 23.3 Å². The quantitative estimate of drug-likeness (QED) is 0.807. The zero-order chi connectivity index (χ0) is 16.4. The van der Waals surface area contributed by atoms with E-state index in [0.29, 0.717) is 5.69 Å². The molecular weight excluding hydrogens is 295 g/mol. The predicted octanol–water partition coefficient (Wildman–Crippen LogP) is 3.28. The van der Waals surface area contributed by atoms with Crippen LogP contribution in [0.2, 0.25) is 0 Å². The second kappa shape index (κ2) is 6.00. The number of hydrogen-bond acceptors (Lipinski definition) is 3. The Balaban J connectivity index is 1.78. The molecule has 1 aromatic carbocycles. The summed E-state index contributed by atoms with van der Waals surface area (Å²) in [4.78, 5) is 20.0. The first kappa shape index (κ1) is 14.9. The third kappa shape index (κ3) is 3.11. The second-order valence-electron chi connectivity index (χ2n) is 5.18. The normalized spacial score (nSPS) is 10.6. The first-order chi connectivity index (χ1) is 11.0. The van der Waals surface area contributed by atoms with Crippen LogP contribution >= 0.6 is 0 Å². The SMILES string of the molecule is Cc1ncn(-c2ccc(NC(=O)c3cncc(F)c3)cc2)c1C. The number of nitrogens with one attached hydrogen (secondary N) is 1. The number of carbonyl (C=O) groups is 1. The van der Waals surface area contributed by atoms with Crippen LogP contribution in [-0.2, 0) is 0 Å². The maximum atomic E-state index is 13.1. The Kier molecular flexibility index (Phi) is 3.89. The highest BCUT2D eigenvalue weighted by atomic mass is 19.1. The lowest BCUT2D eigenvalue weighted by Gasteiger charge is -2.08. The highest BCUT2D eigenvalue weighted by Crippen LogP contribution is 2.17. The molecule has 23 heavy (non-hydrogen) atoms. The lowest BCUT2D eigenvalue weighted by Crippen LogP contribution is -2.12. The Bertz CT molecular complexity index is 855. The summed E-state index contributed by atoms with van der Waals surface area (Å²) in [5, 5.41) is 2.71. The molecule has 3 rings (SSSR count). The molecule has 3 aromatic rings. The molecule has 2 aromatic heterocycles. The summed E-state index contributed by atoms with van der Waals surface area (Å²) in [5.41, 5.74) is 3.79. The van der Waals surface area contributed by atoms with Crippen LogP contribution in [-0.4, -0.2) is 20.4 Å². The molecule has 0 saturated heterocycles. The molecule has 0 aliphatic carbocycles. The Labute approximate surface area is 132 Å². The van der Waals surface area contributed by atoms with Crippen molar-refractivity contribution >= 4 is 11.6 Å². The number of imidazole rings is 1. The van der Waals surface area contributed by atoms with Crippen molar-refractivity contribution in [1.82, 2.24) is 14.5 Å². The first-order valence-corrected chi connectivity index (χ1v) is 7.07. The van der Waals surface area contributed by atoms with Crippen molar-refractivity contribution < 1.29 is 9.18 Å². The molecule has 0 radical (unpaired) electrons. The van der Waals surface area contributed by atoms with Crippen molar-refractivity contribution in [3.8, 4) is 5.69 Å². The number of rotatable bonds is 3. The Morgan fingerprint density at radius 3 is 2.52 bits per heavy atom. The Morgan fingerprint density at radius 2 is 1.91 bits per heavy atom. The van der Waals surface area contributed by atoms with Crippen LogP contribution in [0.4, 0.5) is 10.1 Å². The number of amides is 1. The summed E-state index contributed by atoms with van der Waals surface area (Å²) in [6.45, 7) is 3.95. The minimum atomic E-state index is -0.543. The highest BCUT2D eigenvalue weighted by molar-refractivity contribution is 6.04. The third-order valence-corrected chi connectivity index (χ3v) is 3.62. The van der Waals surface area contributed by atoms with Gasteiger partial charge in [-0.1, -0.05) is 0 Å². The number of aryl methyl sites for hydroxylation is 1. The molecule has 0 bridgehead atoms. The molecule has 0 unspecified atom stereocenters. The van der Waals surface area contributed by atoms with Crippen molar-refractivity contribution in [2.45, 2.75) is 13.8 Å². The van der Waals surface area contributed by atoms with Crippen LogP contribution in [0.5, 0.6) is 0 Å². The van der Waals surface area contributed by atoms with E-state index in [-0.39, 0.29) is 5.56 Å². The molecule has 0 aliphatic rings. The number of carbonyl (C=O) groups excluding carboxylic acids is 1. The van der Waals surface area contributed by atoms with Crippen molar-refractivity contribution in [3.05, 3.63) is 71.8 Å². The number of benzene rings is 1. The van der Waals surface area contributed by atoms with Gasteiger partial charge in [0.25, 0.3) is 5.91 Å². The number of anilines is 1. The summed E-state index contributed by atoms with van der Waals surface area (Å²) in [6.07, 6.45) is 4.14. The van der Waals surface area contributed by atoms with Crippen molar-refractivity contribution in [3.63, 3.8) is 0 Å². The average molecular weight is 310 g/mol. The van der Waals surface area contributed by atoms with E-state index in [1.807, 2.05) is 30.5 Å². The van der Waals surface area contributed by atoms with Crippen molar-refractivity contribution in [1.29, 1.82) is 0 Å². The molecule has 0 aliphatic heterocycles. The highest BCUT2D eigenvalue weighted by Gasteiger charge is 2.08. The molecule has 6 heteroatoms. The fraction of sp³-hybridized carbons (Fsp3) is 0.118. The lowest BCUT2D eigenvalue weighted by atomic mass is 10.2. The topological polar surface area (TPSA) is 59.8 Å². The Morgan fingerprint density at radius 1 is 1.17 bits per heavy atom. The molecule has 0 fully saturated rings. The molecule has 1 amide bonds. The van der Waals surface area contributed by atoms with Crippen LogP contribution in [0.3, 0.4) is 0 Å². The van der Waals surface area contributed by atoms with E-state index in [0.717, 1.165) is 29.3 Å². The predicted molar refractivity (Wildman–Crippen MR) is 85.2 cm³/mol. The van der Waals surface area contributed by atoms with Gasteiger partial charge in [-0.15, -0.1) is 0 Å². The molecular formula is C17H15FN4O. The van der Waals surface area contributed by atoms with E-state index in [1.54, 1.807) is 18.5 Å². The van der Waals surface area contributed by atoms with Gasteiger partial charge < -0.3 is 9.88 Å². The van der Waals surface area contributed by atoms with E-state index in [9.17, 15) is 9.18 Å². The fourth-order valence-electron chi connectivity index (χ4n) is 2.20. The maximum Gasteiger partial charge on any atom is 0.257 e. The van der Waals surface area contributed by atoms with Crippen LogP contribution in [0.15, 0.2) is 49.1 Å². The number of halogens is 1. The first-order valence-electron chi connectivity index (χ1n) is 7.07. The third-order valence-electron chi connectivity index (χ3n) is 3.62. The molecule has 1 N–H and O–H groups in total. The molecule has 2 heterocycles. The molecule has 5 nitrogen and oxygen atoms in total. The fourth-order valence-corrected chi connectivity index (χ4v) is 2.20. The average Bonchev–Trinajstić information content (AvgIpc) is 2.88. The van der Waals surface area contributed by atoms with E-state index < -0.39 is 11.7 Å². The van der Waals surface area contributed by atoms with Crippen LogP contribution < -0.4 is 5.32 Å². The van der Waals surface area contributed by atoms with Gasteiger partial charge in [0.15, 0.2) is 0 Å². The van der Waals surface area contributed by atoms with Gasteiger partial charge in [0.2, 0.25) is 0 Å². The van der Waals surface area contributed by atoms with Crippen molar-refractivity contribution in [2.75, 3.05) is 5.32 Å². The van der Waals surface area contributed by atoms with Crippen LogP contribution in [0, 0.1) is 19.7 Å². The van der Waals surface area contributed by atoms with Gasteiger partial charge >= 0.3 is 0 Å². The molecule has 0 atom stereocenters. The van der Waals surface area contributed by atoms with Gasteiger partial charge in [0.1, 0.15) is 5.82 Å². The van der Waals surface area contributed by atoms with E-state index >= 15 is 0 Å². The second-order valence-corrected chi connectivity index (χ2v) is 5.18. The van der Waals surface area contributed by atoms with Gasteiger partial charge in [-0.25, -0.2) is 9.37 Å². The summed E-state index contributed by atoms with van der Waals surface area (Å²) in [6, 6.07) is 8.49. The molecule has 0 spiro atoms. The number of nitrogens with zero attached hydrogens (tertiary/aromatic N) is 3. The van der Waals surface area contributed by atoms with Gasteiger partial charge in [-0.2, -0.15) is 0 Å². The minimum absolute atomic E-state index is 0.176. The van der Waals surface area contributed by atoms with Gasteiger partial charge in [-0.05, 0) is 44.2 Å². The number of hydrogen-bond donors (Lipinski definition) is 1. The zero-order valence-corrected chi connectivity index (χ0v) is 12.7. The summed E-state index contributed by atoms with van der Waals surface area (Å²) < 4.78 is 15.1. The lowest BCUT2D eigenvalue weighted by molar-refractivity contribution is 0.102. The zero-order valence-electron chi connectivity index (χ0n) is 12.7. The van der Waals surface area contributed by atoms with Gasteiger partial charge in [0.05, 0.1) is 23.8 Å². The minimum Gasteiger partial charge on any atom is -0.322 e. The van der Waals surface area contributed by atoms with Crippen LogP contribution in [0.1, 0.15) is 21.7 Å². The number of aromatic nitrogens is 3. The largest absolute Gasteiger partial charge is 0.322 e. The smallest absolute Gasteiger partial charge is 0.257 e. The maximum absolute atomic E-state index is 13.1. The molecule has 116 valence electrons.